The highest BCUT2D eigenvalue weighted by molar-refractivity contribution is 8.00. The summed E-state index contributed by atoms with van der Waals surface area (Å²) in [4.78, 5) is 52.1. The zero-order valence-corrected chi connectivity index (χ0v) is 47.0. The Balaban J connectivity index is 4.93. The molecule has 0 spiro atoms. The summed E-state index contributed by atoms with van der Waals surface area (Å²) in [7, 11) is 0. The molecule has 390 valence electrons. The molecular weight excluding hydrogens is 941 g/mol. The number of thiol groups is 2. The van der Waals surface area contributed by atoms with Crippen LogP contribution in [0.4, 0.5) is 0 Å². The lowest BCUT2D eigenvalue weighted by Crippen LogP contribution is -2.44. The van der Waals surface area contributed by atoms with Crippen LogP contribution < -0.4 is 16.0 Å². The minimum absolute atomic E-state index is 0.0528. The van der Waals surface area contributed by atoms with Crippen LogP contribution in [0.1, 0.15) is 200 Å². The molecule has 0 aliphatic carbocycles. The van der Waals surface area contributed by atoms with Gasteiger partial charge in [-0.3, -0.25) is 24.1 Å². The monoisotopic (exact) mass is 1040 g/mol. The number of hydrogen-bond acceptors (Lipinski definition) is 11. The Morgan fingerprint density at radius 2 is 0.848 bits per heavy atom. The van der Waals surface area contributed by atoms with E-state index in [1.165, 1.54) is 146 Å². The zero-order chi connectivity index (χ0) is 48.2. The lowest BCUT2D eigenvalue weighted by Gasteiger charge is -2.24. The molecule has 4 N–H and O–H groups in total. The minimum Gasteiger partial charge on any atom is -0.481 e. The molecule has 0 saturated heterocycles. The van der Waals surface area contributed by atoms with Crippen LogP contribution in [-0.4, -0.2) is 130 Å². The smallest absolute Gasteiger partial charge is 0.303 e. The van der Waals surface area contributed by atoms with E-state index in [-0.39, 0.29) is 29.4 Å². The van der Waals surface area contributed by atoms with Crippen LogP contribution >= 0.6 is 72.3 Å². The number of hydrogen-bond donors (Lipinski definition) is 6. The molecule has 15 heteroatoms. The summed E-state index contributed by atoms with van der Waals surface area (Å²) >= 11 is 16.0. The van der Waals surface area contributed by atoms with Gasteiger partial charge in [-0.05, 0) is 98.1 Å². The minimum atomic E-state index is -0.701. The Kier molecular flexibility index (Phi) is 54.2. The molecule has 9 nitrogen and oxygen atoms in total. The first kappa shape index (κ1) is 65.9. The van der Waals surface area contributed by atoms with Gasteiger partial charge in [-0.15, -0.1) is 11.8 Å². The normalized spacial score (nSPS) is 11.9. The second-order valence-electron chi connectivity index (χ2n) is 17.8. The maximum atomic E-state index is 13.7. The Morgan fingerprint density at radius 1 is 0.470 bits per heavy atom. The average molecular weight is 1040 g/mol. The van der Waals surface area contributed by atoms with Gasteiger partial charge in [-0.2, -0.15) is 60.5 Å². The van der Waals surface area contributed by atoms with Crippen LogP contribution in [0.5, 0.6) is 0 Å². The summed E-state index contributed by atoms with van der Waals surface area (Å²) in [6, 6.07) is 0. The quantitative estimate of drug-likeness (QED) is 0.0259. The van der Waals surface area contributed by atoms with E-state index < -0.39 is 5.97 Å². The topological polar surface area (TPSA) is 128 Å². The molecule has 66 heavy (non-hydrogen) atoms. The van der Waals surface area contributed by atoms with Gasteiger partial charge in [0.15, 0.2) is 0 Å². The Morgan fingerprint density at radius 3 is 1.29 bits per heavy atom. The first-order valence-electron chi connectivity index (χ1n) is 26.7. The van der Waals surface area contributed by atoms with E-state index in [4.69, 9.17) is 5.11 Å². The maximum absolute atomic E-state index is 13.7. The number of carbonyl (C=O) groups excluding carboxylic acids is 3. The van der Waals surface area contributed by atoms with Gasteiger partial charge < -0.3 is 21.1 Å². The Bertz CT molecular complexity index is 1100. The van der Waals surface area contributed by atoms with Crippen LogP contribution in [0.15, 0.2) is 0 Å². The third-order valence-corrected chi connectivity index (χ3v) is 17.0. The summed E-state index contributed by atoms with van der Waals surface area (Å²) in [6.45, 7) is 5.85. The van der Waals surface area contributed by atoms with Crippen LogP contribution in [0.2, 0.25) is 0 Å². The van der Waals surface area contributed by atoms with Gasteiger partial charge in [0.2, 0.25) is 17.7 Å². The molecule has 0 aromatic carbocycles. The molecule has 0 aromatic heterocycles. The average Bonchev–Trinajstić information content (AvgIpc) is 3.30. The molecule has 0 rings (SSSR count). The van der Waals surface area contributed by atoms with Gasteiger partial charge in [0, 0.05) is 45.7 Å². The highest BCUT2D eigenvalue weighted by Gasteiger charge is 2.19. The number of carbonyl (C=O) groups is 4. The number of nitrogens with zero attached hydrogens (tertiary/aromatic N) is 1. The van der Waals surface area contributed by atoms with Gasteiger partial charge in [-0.25, -0.2) is 0 Å². The van der Waals surface area contributed by atoms with E-state index in [1.807, 2.05) is 11.8 Å². The standard InChI is InChI=1S/C51H100N4O5S6/c1-2-40-63-41-26-18-12-13-20-28-43-65-46-49(57)53-33-36-55(35-32-52-48(56)45-64-42-27-19-10-8-16-24-38-61)37-34-54-51(60)47(66-44-29-21-11-9-17-25-39-62)30-22-14-6-4-3-5-7-15-23-31-50(58)59/h47,61-62H,2-46H2,1H3,(H,52,56)(H,53,57)(H,54,60)(H,58,59). The van der Waals surface area contributed by atoms with Crippen molar-refractivity contribution in [2.45, 2.75) is 205 Å². The van der Waals surface area contributed by atoms with Gasteiger partial charge in [0.1, 0.15) is 0 Å². The maximum Gasteiger partial charge on any atom is 0.303 e. The predicted octanol–water partition coefficient (Wildman–Crippen LogP) is 12.6. The van der Waals surface area contributed by atoms with Gasteiger partial charge in [0.25, 0.3) is 0 Å². The molecule has 0 aromatic rings. The van der Waals surface area contributed by atoms with Crippen molar-refractivity contribution in [2.75, 3.05) is 91.0 Å². The number of carboxylic acid groups (broad SMARTS) is 1. The van der Waals surface area contributed by atoms with E-state index in [2.05, 4.69) is 64.8 Å². The van der Waals surface area contributed by atoms with Crippen molar-refractivity contribution in [2.24, 2.45) is 0 Å². The number of nitrogens with one attached hydrogen (secondary N) is 3. The fraction of sp³-hybridized carbons (Fsp3) is 0.922. The molecule has 1 atom stereocenters. The molecule has 0 radical (unpaired) electrons. The second kappa shape index (κ2) is 54.3. The third-order valence-electron chi connectivity index (χ3n) is 11.6. The molecule has 1 unspecified atom stereocenters. The van der Waals surface area contributed by atoms with E-state index in [0.717, 1.165) is 80.1 Å². The summed E-state index contributed by atoms with van der Waals surface area (Å²) in [5, 5.41) is 18.3. The van der Waals surface area contributed by atoms with E-state index in [9.17, 15) is 19.2 Å². The van der Waals surface area contributed by atoms with Gasteiger partial charge >= 0.3 is 5.97 Å². The van der Waals surface area contributed by atoms with Crippen LogP contribution in [0.3, 0.4) is 0 Å². The number of aliphatic carboxylic acids is 1. The van der Waals surface area contributed by atoms with Crippen molar-refractivity contribution in [1.29, 1.82) is 0 Å². The molecule has 0 heterocycles. The molecular formula is C51H100N4O5S6. The molecule has 0 saturated carbocycles. The van der Waals surface area contributed by atoms with Gasteiger partial charge in [0.05, 0.1) is 16.8 Å². The van der Waals surface area contributed by atoms with Crippen LogP contribution in [0, 0.1) is 0 Å². The van der Waals surface area contributed by atoms with Crippen molar-refractivity contribution in [1.82, 2.24) is 20.9 Å². The number of thioether (sulfide) groups is 4. The van der Waals surface area contributed by atoms with E-state index >= 15 is 0 Å². The van der Waals surface area contributed by atoms with Crippen LogP contribution in [0.25, 0.3) is 0 Å². The van der Waals surface area contributed by atoms with Crippen molar-refractivity contribution in [3.63, 3.8) is 0 Å². The molecule has 0 fully saturated rings. The summed E-state index contributed by atoms with van der Waals surface area (Å²) in [5.74, 6) is 8.08. The molecule has 3 amide bonds. The number of carboxylic acids is 1. The third kappa shape index (κ3) is 50.3. The molecule has 0 bridgehead atoms. The fourth-order valence-electron chi connectivity index (χ4n) is 7.59. The largest absolute Gasteiger partial charge is 0.481 e. The fourth-order valence-corrected chi connectivity index (χ4v) is 11.8. The molecule has 0 aliphatic heterocycles. The summed E-state index contributed by atoms with van der Waals surface area (Å²) in [5.41, 5.74) is 0. The molecule has 0 aliphatic rings. The lowest BCUT2D eigenvalue weighted by molar-refractivity contribution is -0.137. The van der Waals surface area contributed by atoms with E-state index in [0.29, 0.717) is 50.8 Å². The highest BCUT2D eigenvalue weighted by atomic mass is 32.2. The van der Waals surface area contributed by atoms with Crippen molar-refractivity contribution in [3.8, 4) is 0 Å². The predicted molar refractivity (Wildman–Crippen MR) is 303 cm³/mol. The first-order chi connectivity index (χ1) is 32.3. The Labute approximate surface area is 434 Å². The SMILES string of the molecule is CCCSCCCCCCCCSCC(=O)NCCN(CCNC(=O)CSCCCCCCCCS)CCNC(=O)C(CCCCCCCCCCCC(=O)O)SCCCCCCCCS. The lowest BCUT2D eigenvalue weighted by atomic mass is 10.0. The number of amides is 3. The Hall–Kier alpha value is -0.0600. The van der Waals surface area contributed by atoms with Crippen molar-refractivity contribution >= 4 is 96.0 Å². The van der Waals surface area contributed by atoms with Crippen molar-refractivity contribution in [3.05, 3.63) is 0 Å². The van der Waals surface area contributed by atoms with Crippen LogP contribution in [-0.2, 0) is 19.2 Å². The highest BCUT2D eigenvalue weighted by Crippen LogP contribution is 2.22. The second-order valence-corrected chi connectivity index (χ2v) is 23.5. The number of rotatable bonds is 54. The van der Waals surface area contributed by atoms with Crippen molar-refractivity contribution < 1.29 is 24.3 Å². The first-order valence-corrected chi connectivity index (χ1v) is 32.4. The van der Waals surface area contributed by atoms with Gasteiger partial charge in [-0.1, -0.05) is 135 Å². The summed E-state index contributed by atoms with van der Waals surface area (Å²) in [6.07, 6.45) is 34.5. The zero-order valence-electron chi connectivity index (χ0n) is 42.0. The summed E-state index contributed by atoms with van der Waals surface area (Å²) < 4.78 is 0. The van der Waals surface area contributed by atoms with E-state index in [1.54, 1.807) is 23.5 Å². The number of unbranched alkanes of at least 4 members (excludes halogenated alkanes) is 23.